The maximum absolute atomic E-state index is 13.5. The summed E-state index contributed by atoms with van der Waals surface area (Å²) in [7, 11) is 0. The average molecular weight is 488 g/mol. The van der Waals surface area contributed by atoms with Gasteiger partial charge in [-0.05, 0) is 37.1 Å². The molecule has 0 spiro atoms. The van der Waals surface area contributed by atoms with Crippen molar-refractivity contribution in [1.29, 1.82) is 0 Å². The first-order valence-electron chi connectivity index (χ1n) is 11.4. The van der Waals surface area contributed by atoms with Crippen molar-refractivity contribution in [3.8, 4) is 11.5 Å². The van der Waals surface area contributed by atoms with E-state index in [1.165, 1.54) is 22.2 Å². The summed E-state index contributed by atoms with van der Waals surface area (Å²) in [5.74, 6) is 1.02. The van der Waals surface area contributed by atoms with Crippen LogP contribution in [0.15, 0.2) is 65.7 Å². The normalized spacial score (nSPS) is 12.9. The molecule has 2 aromatic heterocycles. The van der Waals surface area contributed by atoms with E-state index in [0.29, 0.717) is 47.2 Å². The highest BCUT2D eigenvalue weighted by Gasteiger charge is 2.21. The van der Waals surface area contributed by atoms with Crippen molar-refractivity contribution in [3.05, 3.63) is 87.3 Å². The number of rotatable bonds is 6. The van der Waals surface area contributed by atoms with Crippen molar-refractivity contribution in [3.63, 3.8) is 0 Å². The second-order valence-electron chi connectivity index (χ2n) is 8.29. The predicted octanol–water partition coefficient (Wildman–Crippen LogP) is 4.59. The molecule has 35 heavy (non-hydrogen) atoms. The minimum atomic E-state index is -0.229. The second-order valence-corrected chi connectivity index (χ2v) is 9.49. The summed E-state index contributed by atoms with van der Waals surface area (Å²) in [6, 6.07) is 15.3. The molecular formula is C27H25N3O4S. The number of carbonyl (C=O) groups is 1. The van der Waals surface area contributed by atoms with Gasteiger partial charge in [0.15, 0.2) is 11.5 Å². The standard InChI is InChI=1S/C27H25N3O4S/c1-18-19(2)35-26-25(18)27(32)29(17-28-26)16-24(31)30(12-6-9-20-7-4-3-5-8-20)21-10-11-22-23(15-21)34-14-13-33-22/h3-11,15,17H,12-14,16H2,1-2H3/b9-6+. The molecule has 7 nitrogen and oxygen atoms in total. The molecule has 2 aromatic carbocycles. The third-order valence-corrected chi connectivity index (χ3v) is 7.11. The average Bonchev–Trinajstić information content (AvgIpc) is 3.17. The van der Waals surface area contributed by atoms with E-state index in [9.17, 15) is 9.59 Å². The Hall–Kier alpha value is -3.91. The van der Waals surface area contributed by atoms with Gasteiger partial charge in [0.1, 0.15) is 24.6 Å². The van der Waals surface area contributed by atoms with Gasteiger partial charge >= 0.3 is 0 Å². The van der Waals surface area contributed by atoms with E-state index in [0.717, 1.165) is 16.0 Å². The Morgan fingerprint density at radius 1 is 1.11 bits per heavy atom. The molecule has 4 aromatic rings. The maximum atomic E-state index is 13.5. The van der Waals surface area contributed by atoms with Crippen molar-refractivity contribution < 1.29 is 14.3 Å². The minimum Gasteiger partial charge on any atom is -0.486 e. The van der Waals surface area contributed by atoms with Crippen molar-refractivity contribution in [1.82, 2.24) is 9.55 Å². The molecule has 0 N–H and O–H groups in total. The number of ether oxygens (including phenoxy) is 2. The first-order valence-corrected chi connectivity index (χ1v) is 12.2. The van der Waals surface area contributed by atoms with Crippen LogP contribution in [-0.4, -0.2) is 35.2 Å². The van der Waals surface area contributed by atoms with Crippen LogP contribution >= 0.6 is 11.3 Å². The third kappa shape index (κ3) is 4.70. The van der Waals surface area contributed by atoms with Gasteiger partial charge in [-0.25, -0.2) is 4.98 Å². The summed E-state index contributed by atoms with van der Waals surface area (Å²) in [5, 5.41) is 0.581. The van der Waals surface area contributed by atoms with Crippen LogP contribution in [0.5, 0.6) is 11.5 Å². The van der Waals surface area contributed by atoms with Gasteiger partial charge in [0.2, 0.25) is 5.91 Å². The number of hydrogen-bond donors (Lipinski definition) is 0. The summed E-state index contributed by atoms with van der Waals surface area (Å²) in [5.41, 5.74) is 2.42. The lowest BCUT2D eigenvalue weighted by atomic mass is 10.2. The monoisotopic (exact) mass is 487 g/mol. The van der Waals surface area contributed by atoms with Crippen LogP contribution in [0, 0.1) is 13.8 Å². The Bertz CT molecular complexity index is 1470. The largest absolute Gasteiger partial charge is 0.486 e. The Balaban J connectivity index is 1.46. The van der Waals surface area contributed by atoms with E-state index in [2.05, 4.69) is 4.98 Å². The van der Waals surface area contributed by atoms with Crippen LogP contribution in [-0.2, 0) is 11.3 Å². The van der Waals surface area contributed by atoms with E-state index < -0.39 is 0 Å². The van der Waals surface area contributed by atoms with Gasteiger partial charge in [0.25, 0.3) is 5.56 Å². The number of aromatic nitrogens is 2. The molecule has 0 bridgehead atoms. The minimum absolute atomic E-state index is 0.121. The molecule has 0 unspecified atom stereocenters. The topological polar surface area (TPSA) is 73.7 Å². The summed E-state index contributed by atoms with van der Waals surface area (Å²) >= 11 is 1.49. The highest BCUT2D eigenvalue weighted by atomic mass is 32.1. The summed E-state index contributed by atoms with van der Waals surface area (Å²) in [6.07, 6.45) is 5.36. The second kappa shape index (κ2) is 9.76. The zero-order valence-corrected chi connectivity index (χ0v) is 20.4. The molecular weight excluding hydrogens is 462 g/mol. The van der Waals surface area contributed by atoms with E-state index in [4.69, 9.17) is 9.47 Å². The van der Waals surface area contributed by atoms with Crippen LogP contribution < -0.4 is 19.9 Å². The molecule has 0 saturated heterocycles. The number of carbonyl (C=O) groups excluding carboxylic acids is 1. The van der Waals surface area contributed by atoms with Gasteiger partial charge in [-0.3, -0.25) is 14.2 Å². The zero-order chi connectivity index (χ0) is 24.4. The number of thiophene rings is 1. The summed E-state index contributed by atoms with van der Waals surface area (Å²) in [6.45, 7) is 5.05. The molecule has 5 rings (SSSR count). The molecule has 1 aliphatic rings. The van der Waals surface area contributed by atoms with Gasteiger partial charge in [-0.15, -0.1) is 11.3 Å². The van der Waals surface area contributed by atoms with Crippen LogP contribution in [0.25, 0.3) is 16.3 Å². The number of aryl methyl sites for hydroxylation is 2. The summed E-state index contributed by atoms with van der Waals surface area (Å²) < 4.78 is 12.7. The lowest BCUT2D eigenvalue weighted by Crippen LogP contribution is -2.37. The SMILES string of the molecule is Cc1sc2ncn(CC(=O)N(C/C=C/c3ccccc3)c3ccc4c(c3)OCCO4)c(=O)c2c1C. The molecule has 1 amide bonds. The quantitative estimate of drug-likeness (QED) is 0.398. The van der Waals surface area contributed by atoms with E-state index in [-0.39, 0.29) is 18.0 Å². The number of hydrogen-bond acceptors (Lipinski definition) is 6. The fourth-order valence-corrected chi connectivity index (χ4v) is 5.01. The maximum Gasteiger partial charge on any atom is 0.262 e. The first kappa shape index (κ1) is 22.9. The van der Waals surface area contributed by atoms with Gasteiger partial charge < -0.3 is 14.4 Å². The highest BCUT2D eigenvalue weighted by Crippen LogP contribution is 2.34. The molecule has 178 valence electrons. The zero-order valence-electron chi connectivity index (χ0n) is 19.6. The molecule has 0 atom stereocenters. The Morgan fingerprint density at radius 3 is 2.69 bits per heavy atom. The fraction of sp³-hybridized carbons (Fsp3) is 0.222. The van der Waals surface area contributed by atoms with Crippen molar-refractivity contribution in [2.45, 2.75) is 20.4 Å². The Labute approximate surface area is 206 Å². The van der Waals surface area contributed by atoms with Gasteiger partial charge in [0.05, 0.1) is 11.7 Å². The van der Waals surface area contributed by atoms with Crippen LogP contribution in [0.4, 0.5) is 5.69 Å². The highest BCUT2D eigenvalue weighted by molar-refractivity contribution is 7.18. The van der Waals surface area contributed by atoms with Crippen molar-refractivity contribution in [2.75, 3.05) is 24.7 Å². The third-order valence-electron chi connectivity index (χ3n) is 6.00. The molecule has 3 heterocycles. The first-order chi connectivity index (χ1) is 17.0. The number of fused-ring (bicyclic) bond motifs is 2. The molecule has 0 fully saturated rings. The van der Waals surface area contributed by atoms with Crippen LogP contribution in [0.1, 0.15) is 16.0 Å². The van der Waals surface area contributed by atoms with Gasteiger partial charge in [-0.1, -0.05) is 42.5 Å². The van der Waals surface area contributed by atoms with E-state index in [1.807, 2.05) is 68.5 Å². The fourth-order valence-electron chi connectivity index (χ4n) is 4.02. The van der Waals surface area contributed by atoms with Crippen molar-refractivity contribution >= 4 is 39.2 Å². The molecule has 1 aliphatic heterocycles. The van der Waals surface area contributed by atoms with Gasteiger partial charge in [-0.2, -0.15) is 0 Å². The smallest absolute Gasteiger partial charge is 0.262 e. The van der Waals surface area contributed by atoms with E-state index >= 15 is 0 Å². The van der Waals surface area contributed by atoms with E-state index in [1.54, 1.807) is 11.0 Å². The number of amides is 1. The Morgan fingerprint density at radius 2 is 1.89 bits per heavy atom. The lowest BCUT2D eigenvalue weighted by molar-refractivity contribution is -0.119. The predicted molar refractivity (Wildman–Crippen MR) is 139 cm³/mol. The van der Waals surface area contributed by atoms with Crippen molar-refractivity contribution in [2.24, 2.45) is 0 Å². The van der Waals surface area contributed by atoms with Crippen LogP contribution in [0.3, 0.4) is 0 Å². The van der Waals surface area contributed by atoms with Gasteiger partial charge in [0, 0.05) is 23.2 Å². The van der Waals surface area contributed by atoms with Crippen LogP contribution in [0.2, 0.25) is 0 Å². The number of benzene rings is 2. The summed E-state index contributed by atoms with van der Waals surface area (Å²) in [4.78, 5) is 34.5. The number of anilines is 1. The lowest BCUT2D eigenvalue weighted by Gasteiger charge is -2.25. The molecule has 0 saturated carbocycles. The Kier molecular flexibility index (Phi) is 6.37. The molecule has 0 aliphatic carbocycles. The number of nitrogens with zero attached hydrogens (tertiary/aromatic N) is 3. The molecule has 0 radical (unpaired) electrons. The molecule has 8 heteroatoms.